The first-order chi connectivity index (χ1) is 11.2. The van der Waals surface area contributed by atoms with E-state index in [-0.39, 0.29) is 27.4 Å². The van der Waals surface area contributed by atoms with Crippen LogP contribution in [0.3, 0.4) is 0 Å². The number of rotatable bonds is 2. The van der Waals surface area contributed by atoms with Gasteiger partial charge in [-0.1, -0.05) is 11.6 Å². The van der Waals surface area contributed by atoms with Crippen molar-refractivity contribution in [2.45, 2.75) is 16.4 Å². The van der Waals surface area contributed by atoms with Crippen molar-refractivity contribution in [3.05, 3.63) is 35.0 Å². The van der Waals surface area contributed by atoms with E-state index < -0.39 is 27.0 Å². The Kier molecular flexibility index (Phi) is 4.45. The quantitative estimate of drug-likeness (QED) is 0.867. The maximum Gasteiger partial charge on any atom is 0.416 e. The van der Waals surface area contributed by atoms with E-state index in [4.69, 9.17) is 16.3 Å². The second kappa shape index (κ2) is 6.14. The van der Waals surface area contributed by atoms with Gasteiger partial charge in [-0.15, -0.1) is 0 Å². The highest BCUT2D eigenvalue weighted by Crippen LogP contribution is 2.35. The minimum absolute atomic E-state index is 0.0655. The monoisotopic (exact) mass is 380 g/mol. The summed E-state index contributed by atoms with van der Waals surface area (Å²) >= 11 is 6.11. The number of fused-ring (bicyclic) bond motifs is 1. The lowest BCUT2D eigenvalue weighted by Crippen LogP contribution is -2.46. The third kappa shape index (κ3) is 3.08. The Labute approximate surface area is 140 Å². The number of morpholine rings is 1. The SMILES string of the molecule is O=S(=O)(c1cnc2ccc(C(F)(F)F)cc2c1Cl)C1COCCN1. The van der Waals surface area contributed by atoms with Crippen molar-refractivity contribution >= 4 is 32.3 Å². The van der Waals surface area contributed by atoms with Crippen molar-refractivity contribution in [1.29, 1.82) is 0 Å². The smallest absolute Gasteiger partial charge is 0.377 e. The molecule has 130 valence electrons. The van der Waals surface area contributed by atoms with Gasteiger partial charge in [0.1, 0.15) is 10.3 Å². The summed E-state index contributed by atoms with van der Waals surface area (Å²) in [5.41, 5.74) is -0.743. The Balaban J connectivity index is 2.14. The molecule has 2 heterocycles. The molecule has 0 bridgehead atoms. The van der Waals surface area contributed by atoms with Gasteiger partial charge in [-0.05, 0) is 18.2 Å². The number of alkyl halides is 3. The standard InChI is InChI=1S/C14H12ClF3N2O3S/c15-13-9-5-8(14(16,17)18)1-2-10(9)20-6-11(13)24(21,22)12-7-23-4-3-19-12/h1-2,5-6,12,19H,3-4,7H2. The van der Waals surface area contributed by atoms with E-state index in [1.54, 1.807) is 0 Å². The second-order valence-corrected chi connectivity index (χ2v) is 7.71. The van der Waals surface area contributed by atoms with Crippen LogP contribution in [0.2, 0.25) is 5.02 Å². The molecule has 1 N–H and O–H groups in total. The first-order valence-electron chi connectivity index (χ1n) is 6.92. The van der Waals surface area contributed by atoms with E-state index in [2.05, 4.69) is 10.3 Å². The van der Waals surface area contributed by atoms with Crippen LogP contribution in [0, 0.1) is 0 Å². The highest BCUT2D eigenvalue weighted by Gasteiger charge is 2.34. The van der Waals surface area contributed by atoms with Gasteiger partial charge in [-0.3, -0.25) is 10.3 Å². The molecule has 2 aromatic rings. The Morgan fingerprint density at radius 1 is 1.33 bits per heavy atom. The predicted octanol–water partition coefficient (Wildman–Crippen LogP) is 2.63. The fourth-order valence-corrected chi connectivity index (χ4v) is 4.41. The molecule has 24 heavy (non-hydrogen) atoms. The predicted molar refractivity (Wildman–Crippen MR) is 81.6 cm³/mol. The zero-order valence-electron chi connectivity index (χ0n) is 12.1. The highest BCUT2D eigenvalue weighted by molar-refractivity contribution is 7.92. The lowest BCUT2D eigenvalue weighted by atomic mass is 10.1. The molecule has 10 heteroatoms. The van der Waals surface area contributed by atoms with Gasteiger partial charge in [0.2, 0.25) is 0 Å². The van der Waals surface area contributed by atoms with Gasteiger partial charge < -0.3 is 4.74 Å². The van der Waals surface area contributed by atoms with Crippen molar-refractivity contribution in [3.63, 3.8) is 0 Å². The number of aromatic nitrogens is 1. The summed E-state index contributed by atoms with van der Waals surface area (Å²) in [7, 11) is -3.94. The van der Waals surface area contributed by atoms with Crippen LogP contribution < -0.4 is 5.32 Å². The third-order valence-corrected chi connectivity index (χ3v) is 6.16. The van der Waals surface area contributed by atoms with Gasteiger partial charge in [0.15, 0.2) is 9.84 Å². The number of nitrogens with zero attached hydrogens (tertiary/aromatic N) is 1. The number of halogens is 4. The van der Waals surface area contributed by atoms with Crippen LogP contribution in [0.15, 0.2) is 29.3 Å². The highest BCUT2D eigenvalue weighted by atomic mass is 35.5. The molecule has 1 aromatic heterocycles. The largest absolute Gasteiger partial charge is 0.416 e. The zero-order valence-corrected chi connectivity index (χ0v) is 13.7. The minimum atomic E-state index is -4.56. The Hall–Kier alpha value is -1.42. The number of hydrogen-bond acceptors (Lipinski definition) is 5. The van der Waals surface area contributed by atoms with Crippen LogP contribution in [-0.2, 0) is 20.8 Å². The fraction of sp³-hybridized carbons (Fsp3) is 0.357. The molecule has 1 aliphatic rings. The number of hydrogen-bond donors (Lipinski definition) is 1. The van der Waals surface area contributed by atoms with E-state index in [9.17, 15) is 21.6 Å². The molecule has 1 saturated heterocycles. The van der Waals surface area contributed by atoms with Gasteiger partial charge in [0, 0.05) is 18.1 Å². The summed E-state index contributed by atoms with van der Waals surface area (Å²) in [5.74, 6) is 0. The average molecular weight is 381 g/mol. The Morgan fingerprint density at radius 2 is 2.08 bits per heavy atom. The van der Waals surface area contributed by atoms with Gasteiger partial charge in [0.05, 0.1) is 29.3 Å². The molecule has 1 atom stereocenters. The lowest BCUT2D eigenvalue weighted by molar-refractivity contribution is -0.137. The van der Waals surface area contributed by atoms with E-state index in [0.29, 0.717) is 13.2 Å². The molecule has 0 aliphatic carbocycles. The topological polar surface area (TPSA) is 68.3 Å². The fourth-order valence-electron chi connectivity index (χ4n) is 2.41. The molecule has 0 spiro atoms. The molecule has 1 fully saturated rings. The van der Waals surface area contributed by atoms with Crippen LogP contribution in [-0.4, -0.2) is 38.5 Å². The normalized spacial score (nSPS) is 19.6. The number of sulfone groups is 1. The van der Waals surface area contributed by atoms with Crippen LogP contribution in [0.1, 0.15) is 5.56 Å². The molecular formula is C14H12ClF3N2O3S. The van der Waals surface area contributed by atoms with Crippen molar-refractivity contribution in [2.75, 3.05) is 19.8 Å². The molecule has 0 amide bonds. The van der Waals surface area contributed by atoms with Gasteiger partial charge in [0.25, 0.3) is 0 Å². The number of ether oxygens (including phenoxy) is 1. The summed E-state index contributed by atoms with van der Waals surface area (Å²) in [6, 6.07) is 2.83. The maximum atomic E-state index is 12.9. The summed E-state index contributed by atoms with van der Waals surface area (Å²) < 4.78 is 69.0. The van der Waals surface area contributed by atoms with Crippen molar-refractivity contribution < 1.29 is 26.3 Å². The van der Waals surface area contributed by atoms with Crippen LogP contribution in [0.5, 0.6) is 0 Å². The molecule has 0 radical (unpaired) electrons. The average Bonchev–Trinajstić information content (AvgIpc) is 2.54. The first kappa shape index (κ1) is 17.4. The molecule has 0 saturated carbocycles. The summed E-state index contributed by atoms with van der Waals surface area (Å²) in [6.45, 7) is 0.657. The Bertz CT molecular complexity index is 881. The van der Waals surface area contributed by atoms with Gasteiger partial charge in [-0.2, -0.15) is 13.2 Å². The molecule has 1 unspecified atom stereocenters. The lowest BCUT2D eigenvalue weighted by Gasteiger charge is -2.24. The molecule has 1 aliphatic heterocycles. The summed E-state index contributed by atoms with van der Waals surface area (Å²) in [5, 5.41) is 1.43. The number of pyridine rings is 1. The van der Waals surface area contributed by atoms with Crippen LogP contribution >= 0.6 is 11.6 Å². The van der Waals surface area contributed by atoms with Gasteiger partial charge in [-0.25, -0.2) is 8.42 Å². The molecule has 3 rings (SSSR count). The van der Waals surface area contributed by atoms with E-state index >= 15 is 0 Å². The minimum Gasteiger partial charge on any atom is -0.377 e. The van der Waals surface area contributed by atoms with Gasteiger partial charge >= 0.3 is 6.18 Å². The zero-order chi connectivity index (χ0) is 17.5. The molecule has 1 aromatic carbocycles. The van der Waals surface area contributed by atoms with E-state index in [1.165, 1.54) is 0 Å². The summed E-state index contributed by atoms with van der Waals surface area (Å²) in [4.78, 5) is 3.61. The van der Waals surface area contributed by atoms with Crippen molar-refractivity contribution in [1.82, 2.24) is 10.3 Å². The van der Waals surface area contributed by atoms with Crippen LogP contribution in [0.25, 0.3) is 10.9 Å². The Morgan fingerprint density at radius 3 is 2.71 bits per heavy atom. The van der Waals surface area contributed by atoms with E-state index in [0.717, 1.165) is 24.4 Å². The summed E-state index contributed by atoms with van der Waals surface area (Å²) in [6.07, 6.45) is -3.51. The van der Waals surface area contributed by atoms with Crippen LogP contribution in [0.4, 0.5) is 13.2 Å². The first-order valence-corrected chi connectivity index (χ1v) is 8.84. The molecular weight excluding hydrogens is 369 g/mol. The van der Waals surface area contributed by atoms with E-state index in [1.807, 2.05) is 0 Å². The maximum absolute atomic E-state index is 12.9. The van der Waals surface area contributed by atoms with Crippen molar-refractivity contribution in [2.24, 2.45) is 0 Å². The molecule has 5 nitrogen and oxygen atoms in total. The number of nitrogens with one attached hydrogen (secondary N) is 1. The third-order valence-electron chi connectivity index (χ3n) is 3.67. The number of benzene rings is 1. The van der Waals surface area contributed by atoms with Crippen molar-refractivity contribution in [3.8, 4) is 0 Å². The second-order valence-electron chi connectivity index (χ2n) is 5.23.